The average molecular weight is 334 g/mol. The third-order valence-electron chi connectivity index (χ3n) is 4.38. The summed E-state index contributed by atoms with van der Waals surface area (Å²) in [6, 6.07) is 9.03. The van der Waals surface area contributed by atoms with E-state index in [0.717, 1.165) is 18.4 Å². The van der Waals surface area contributed by atoms with Crippen molar-refractivity contribution in [3.8, 4) is 11.3 Å². The minimum Gasteiger partial charge on any atom is -0.355 e. The van der Waals surface area contributed by atoms with Crippen LogP contribution in [0, 0.1) is 5.92 Å². The van der Waals surface area contributed by atoms with Crippen molar-refractivity contribution < 1.29 is 9.32 Å². The smallest absolute Gasteiger partial charge is 0.276 e. The van der Waals surface area contributed by atoms with Crippen LogP contribution in [0.5, 0.6) is 0 Å². The van der Waals surface area contributed by atoms with Crippen LogP contribution in [0.4, 0.5) is 0 Å². The molecule has 2 unspecified atom stereocenters. The molecule has 1 aromatic heterocycles. The normalized spacial score (nSPS) is 21.4. The molecule has 1 saturated heterocycles. The Balaban J connectivity index is 1.82. The Kier molecular flexibility index (Phi) is 4.68. The highest BCUT2D eigenvalue weighted by atomic mass is 35.5. The third kappa shape index (κ3) is 3.26. The van der Waals surface area contributed by atoms with E-state index in [9.17, 15) is 4.79 Å². The molecule has 0 spiro atoms. The number of aromatic nitrogens is 1. The quantitative estimate of drug-likeness (QED) is 0.936. The number of nitrogens with zero attached hydrogens (tertiary/aromatic N) is 2. The second kappa shape index (κ2) is 6.72. The molecule has 122 valence electrons. The van der Waals surface area contributed by atoms with Crippen LogP contribution in [-0.2, 0) is 0 Å². The van der Waals surface area contributed by atoms with E-state index in [1.165, 1.54) is 0 Å². The Morgan fingerprint density at radius 1 is 1.48 bits per heavy atom. The molecule has 1 aliphatic rings. The molecule has 2 aromatic rings. The van der Waals surface area contributed by atoms with Gasteiger partial charge in [-0.2, -0.15) is 0 Å². The third-order valence-corrected chi connectivity index (χ3v) is 4.71. The second-order valence-electron chi connectivity index (χ2n) is 6.07. The number of likely N-dealkylation sites (tertiary alicyclic amines) is 1. The van der Waals surface area contributed by atoms with Crippen molar-refractivity contribution in [1.82, 2.24) is 10.1 Å². The zero-order chi connectivity index (χ0) is 16.4. The molecule has 0 aliphatic carbocycles. The summed E-state index contributed by atoms with van der Waals surface area (Å²) in [4.78, 5) is 14.5. The number of carbonyl (C=O) groups excluding carboxylic acids is 1. The Bertz CT molecular complexity index is 701. The van der Waals surface area contributed by atoms with E-state index in [1.54, 1.807) is 12.1 Å². The van der Waals surface area contributed by atoms with Crippen molar-refractivity contribution in [3.63, 3.8) is 0 Å². The fourth-order valence-corrected chi connectivity index (χ4v) is 3.28. The highest BCUT2D eigenvalue weighted by molar-refractivity contribution is 6.33. The van der Waals surface area contributed by atoms with Gasteiger partial charge < -0.3 is 15.2 Å². The first-order chi connectivity index (χ1) is 11.1. The van der Waals surface area contributed by atoms with E-state index >= 15 is 0 Å². The van der Waals surface area contributed by atoms with Crippen LogP contribution in [-0.4, -0.2) is 35.1 Å². The summed E-state index contributed by atoms with van der Waals surface area (Å²) in [6.45, 7) is 3.36. The lowest BCUT2D eigenvalue weighted by Gasteiger charge is -2.37. The first kappa shape index (κ1) is 16.0. The van der Waals surface area contributed by atoms with Crippen molar-refractivity contribution in [2.24, 2.45) is 11.7 Å². The van der Waals surface area contributed by atoms with E-state index < -0.39 is 0 Å². The number of nitrogens with two attached hydrogens (primary N) is 1. The number of halogens is 1. The van der Waals surface area contributed by atoms with Gasteiger partial charge in [-0.05, 0) is 30.9 Å². The lowest BCUT2D eigenvalue weighted by molar-refractivity contribution is 0.0563. The molecule has 5 nitrogen and oxygen atoms in total. The van der Waals surface area contributed by atoms with E-state index in [4.69, 9.17) is 21.9 Å². The summed E-state index contributed by atoms with van der Waals surface area (Å²) >= 11 is 6.16. The molecule has 23 heavy (non-hydrogen) atoms. The molecule has 6 heteroatoms. The summed E-state index contributed by atoms with van der Waals surface area (Å²) < 4.78 is 5.32. The van der Waals surface area contributed by atoms with Crippen LogP contribution in [0.1, 0.15) is 30.3 Å². The Morgan fingerprint density at radius 2 is 2.26 bits per heavy atom. The molecule has 2 N–H and O–H groups in total. The van der Waals surface area contributed by atoms with Gasteiger partial charge >= 0.3 is 0 Å². The van der Waals surface area contributed by atoms with Gasteiger partial charge in [0.1, 0.15) is 0 Å². The number of carbonyl (C=O) groups is 1. The van der Waals surface area contributed by atoms with Crippen molar-refractivity contribution in [3.05, 3.63) is 41.0 Å². The number of benzene rings is 1. The average Bonchev–Trinajstić information content (AvgIpc) is 3.04. The van der Waals surface area contributed by atoms with Gasteiger partial charge in [-0.1, -0.05) is 35.8 Å². The van der Waals surface area contributed by atoms with Crippen LogP contribution in [0.2, 0.25) is 5.02 Å². The lowest BCUT2D eigenvalue weighted by Crippen LogP contribution is -2.49. The maximum Gasteiger partial charge on any atom is 0.276 e. The fourth-order valence-electron chi connectivity index (χ4n) is 3.05. The zero-order valence-electron chi connectivity index (χ0n) is 13.0. The predicted octanol–water partition coefficient (Wildman–Crippen LogP) is 3.19. The van der Waals surface area contributed by atoms with Crippen LogP contribution in [0.25, 0.3) is 11.3 Å². The van der Waals surface area contributed by atoms with Crippen molar-refractivity contribution >= 4 is 17.5 Å². The highest BCUT2D eigenvalue weighted by Gasteiger charge is 2.31. The van der Waals surface area contributed by atoms with Crippen LogP contribution < -0.4 is 5.73 Å². The van der Waals surface area contributed by atoms with Crippen LogP contribution in [0.15, 0.2) is 34.9 Å². The molecule has 1 aliphatic heterocycles. The fraction of sp³-hybridized carbons (Fsp3) is 0.412. The summed E-state index contributed by atoms with van der Waals surface area (Å²) in [5.41, 5.74) is 6.86. The SMILES string of the molecule is CC1CCN(C(=O)c2cc(-c3ccccc3Cl)on2)C(CN)C1. The van der Waals surface area contributed by atoms with E-state index in [-0.39, 0.29) is 11.9 Å². The van der Waals surface area contributed by atoms with E-state index in [0.29, 0.717) is 35.5 Å². The number of rotatable bonds is 3. The van der Waals surface area contributed by atoms with Crippen LogP contribution >= 0.6 is 11.6 Å². The van der Waals surface area contributed by atoms with Crippen molar-refractivity contribution in [2.75, 3.05) is 13.1 Å². The van der Waals surface area contributed by atoms with Gasteiger partial charge in [0.25, 0.3) is 5.91 Å². The van der Waals surface area contributed by atoms with E-state index in [1.807, 2.05) is 23.1 Å². The second-order valence-corrected chi connectivity index (χ2v) is 6.48. The Labute approximate surface area is 140 Å². The van der Waals surface area contributed by atoms with Gasteiger partial charge in [0.2, 0.25) is 0 Å². The molecule has 1 amide bonds. The lowest BCUT2D eigenvalue weighted by atomic mass is 9.92. The minimum absolute atomic E-state index is 0.0618. The largest absolute Gasteiger partial charge is 0.355 e. The standard InChI is InChI=1S/C17H20ClN3O2/c1-11-6-7-21(12(8-11)10-19)17(22)15-9-16(23-20-15)13-4-2-3-5-14(13)18/h2-5,9,11-12H,6-8,10,19H2,1H3. The summed E-state index contributed by atoms with van der Waals surface area (Å²) in [7, 11) is 0. The molecule has 2 atom stereocenters. The number of hydrogen-bond acceptors (Lipinski definition) is 4. The number of amides is 1. The molecule has 0 radical (unpaired) electrons. The van der Waals surface area contributed by atoms with Gasteiger partial charge in [-0.3, -0.25) is 4.79 Å². The summed E-state index contributed by atoms with van der Waals surface area (Å²) in [6.07, 6.45) is 1.91. The topological polar surface area (TPSA) is 72.4 Å². The van der Waals surface area contributed by atoms with Gasteiger partial charge in [0.15, 0.2) is 11.5 Å². The van der Waals surface area contributed by atoms with Crippen LogP contribution in [0.3, 0.4) is 0 Å². The Morgan fingerprint density at radius 3 is 3.00 bits per heavy atom. The van der Waals surface area contributed by atoms with E-state index in [2.05, 4.69) is 12.1 Å². The number of hydrogen-bond donors (Lipinski definition) is 1. The van der Waals surface area contributed by atoms with Gasteiger partial charge in [0.05, 0.1) is 5.02 Å². The van der Waals surface area contributed by atoms with Crippen molar-refractivity contribution in [1.29, 1.82) is 0 Å². The van der Waals surface area contributed by atoms with Gasteiger partial charge in [0, 0.05) is 30.8 Å². The molecule has 0 saturated carbocycles. The summed E-state index contributed by atoms with van der Waals surface area (Å²) in [5.74, 6) is 0.951. The summed E-state index contributed by atoms with van der Waals surface area (Å²) in [5, 5.41) is 4.50. The zero-order valence-corrected chi connectivity index (χ0v) is 13.8. The maximum atomic E-state index is 12.7. The molecule has 3 rings (SSSR count). The number of piperidine rings is 1. The van der Waals surface area contributed by atoms with Gasteiger partial charge in [-0.25, -0.2) is 0 Å². The first-order valence-corrected chi connectivity index (χ1v) is 8.20. The molecular formula is C17H20ClN3O2. The molecular weight excluding hydrogens is 314 g/mol. The molecule has 1 fully saturated rings. The maximum absolute atomic E-state index is 12.7. The highest BCUT2D eigenvalue weighted by Crippen LogP contribution is 2.29. The van der Waals surface area contributed by atoms with Crippen molar-refractivity contribution in [2.45, 2.75) is 25.8 Å². The Hall–Kier alpha value is -1.85. The molecule has 0 bridgehead atoms. The monoisotopic (exact) mass is 333 g/mol. The molecule has 1 aromatic carbocycles. The van der Waals surface area contributed by atoms with Gasteiger partial charge in [-0.15, -0.1) is 0 Å². The molecule has 2 heterocycles. The first-order valence-electron chi connectivity index (χ1n) is 7.82. The minimum atomic E-state index is -0.130. The predicted molar refractivity (Wildman–Crippen MR) is 89.2 cm³/mol.